The minimum absolute atomic E-state index is 0.172. The second kappa shape index (κ2) is 10.5. The van der Waals surface area contributed by atoms with E-state index >= 15 is 0 Å². The van der Waals surface area contributed by atoms with Crippen LogP contribution in [0.5, 0.6) is 0 Å². The maximum atomic E-state index is 12.9. The maximum Gasteiger partial charge on any atom is 0.342 e. The first kappa shape index (κ1) is 24.2. The fraction of sp³-hybridized carbons (Fsp3) is 0.370. The molecule has 0 unspecified atom stereocenters. The summed E-state index contributed by atoms with van der Waals surface area (Å²) in [4.78, 5) is 25.2. The van der Waals surface area contributed by atoms with Gasteiger partial charge in [-0.3, -0.25) is 4.68 Å². The molecule has 0 saturated heterocycles. The lowest BCUT2D eigenvalue weighted by Crippen LogP contribution is -2.10. The van der Waals surface area contributed by atoms with Crippen LogP contribution in [0.2, 0.25) is 0 Å². The number of aromatic nitrogens is 2. The quantitative estimate of drug-likeness (QED) is 0.394. The number of aryl methyl sites for hydroxylation is 2. The van der Waals surface area contributed by atoms with Crippen molar-refractivity contribution in [2.75, 3.05) is 13.7 Å². The van der Waals surface area contributed by atoms with Crippen molar-refractivity contribution in [2.24, 2.45) is 0 Å². The monoisotopic (exact) mass is 448 g/mol. The largest absolute Gasteiger partial charge is 0.465 e. The first-order chi connectivity index (χ1) is 15.8. The molecule has 1 aromatic heterocycles. The molecule has 174 valence electrons. The van der Waals surface area contributed by atoms with Gasteiger partial charge in [0, 0.05) is 12.1 Å². The van der Waals surface area contributed by atoms with Crippen LogP contribution in [-0.4, -0.2) is 35.4 Å². The highest BCUT2D eigenvalue weighted by atomic mass is 16.5. The lowest BCUT2D eigenvalue weighted by atomic mass is 9.89. The highest BCUT2D eigenvalue weighted by molar-refractivity contribution is 5.99. The summed E-state index contributed by atoms with van der Waals surface area (Å²) < 4.78 is 12.3. The summed E-state index contributed by atoms with van der Waals surface area (Å²) in [5, 5.41) is 4.66. The lowest BCUT2D eigenvalue weighted by molar-refractivity contribution is 0.0525. The lowest BCUT2D eigenvalue weighted by Gasteiger charge is -2.18. The molecule has 3 aromatic rings. The fourth-order valence-electron chi connectivity index (χ4n) is 4.12. The molecule has 33 heavy (non-hydrogen) atoms. The van der Waals surface area contributed by atoms with Gasteiger partial charge >= 0.3 is 11.9 Å². The van der Waals surface area contributed by atoms with Crippen LogP contribution in [-0.2, 0) is 16.0 Å². The number of esters is 2. The van der Waals surface area contributed by atoms with Gasteiger partial charge in [-0.1, -0.05) is 57.2 Å². The zero-order chi connectivity index (χ0) is 24.1. The van der Waals surface area contributed by atoms with Gasteiger partial charge < -0.3 is 9.47 Å². The van der Waals surface area contributed by atoms with E-state index in [1.807, 2.05) is 41.9 Å². The zero-order valence-electron chi connectivity index (χ0n) is 20.3. The Bertz CT molecular complexity index is 1160. The molecule has 1 heterocycles. The summed E-state index contributed by atoms with van der Waals surface area (Å²) in [5.74, 6) is -0.560. The number of ether oxygens (including phenoxy) is 2. The van der Waals surface area contributed by atoms with Gasteiger partial charge in [0.15, 0.2) is 0 Å². The highest BCUT2D eigenvalue weighted by Crippen LogP contribution is 2.37. The Morgan fingerprint density at radius 2 is 1.76 bits per heavy atom. The predicted molar refractivity (Wildman–Crippen MR) is 130 cm³/mol. The number of rotatable bonds is 8. The Labute approximate surface area is 195 Å². The summed E-state index contributed by atoms with van der Waals surface area (Å²) in [6.45, 7) is 11.0. The van der Waals surface area contributed by atoms with Crippen molar-refractivity contribution in [3.63, 3.8) is 0 Å². The number of benzene rings is 2. The molecule has 0 saturated carbocycles. The SMILES string of the molecule is CCCn1nc(C)c(C(=O)OCC)c1-c1ccc(-c2ccccc2C(=O)OC)cc1C(C)C. The first-order valence-electron chi connectivity index (χ1n) is 11.4. The third kappa shape index (κ3) is 4.85. The summed E-state index contributed by atoms with van der Waals surface area (Å²) in [5.41, 5.74) is 6.20. The van der Waals surface area contributed by atoms with E-state index in [4.69, 9.17) is 9.47 Å². The van der Waals surface area contributed by atoms with E-state index in [-0.39, 0.29) is 17.9 Å². The summed E-state index contributed by atoms with van der Waals surface area (Å²) in [6, 6.07) is 13.5. The highest BCUT2D eigenvalue weighted by Gasteiger charge is 2.26. The molecular weight excluding hydrogens is 416 g/mol. The van der Waals surface area contributed by atoms with Crippen molar-refractivity contribution in [3.05, 3.63) is 64.8 Å². The number of nitrogens with zero attached hydrogens (tertiary/aromatic N) is 2. The minimum atomic E-state index is -0.373. The second-order valence-electron chi connectivity index (χ2n) is 8.25. The molecule has 0 amide bonds. The van der Waals surface area contributed by atoms with E-state index in [2.05, 4.69) is 31.9 Å². The van der Waals surface area contributed by atoms with Gasteiger partial charge in [0.2, 0.25) is 0 Å². The van der Waals surface area contributed by atoms with E-state index in [1.54, 1.807) is 13.0 Å². The summed E-state index contributed by atoms with van der Waals surface area (Å²) in [7, 11) is 1.38. The van der Waals surface area contributed by atoms with Crippen LogP contribution < -0.4 is 0 Å². The number of hydrogen-bond donors (Lipinski definition) is 0. The van der Waals surface area contributed by atoms with Gasteiger partial charge in [-0.05, 0) is 48.9 Å². The van der Waals surface area contributed by atoms with Gasteiger partial charge in [0.05, 0.1) is 30.7 Å². The molecule has 0 radical (unpaired) electrons. The van der Waals surface area contributed by atoms with Gasteiger partial charge in [-0.2, -0.15) is 5.10 Å². The van der Waals surface area contributed by atoms with E-state index in [1.165, 1.54) is 7.11 Å². The van der Waals surface area contributed by atoms with E-state index in [0.29, 0.717) is 30.0 Å². The van der Waals surface area contributed by atoms with Gasteiger partial charge in [0.1, 0.15) is 5.56 Å². The topological polar surface area (TPSA) is 70.4 Å². The van der Waals surface area contributed by atoms with Crippen molar-refractivity contribution in [1.29, 1.82) is 0 Å². The number of carbonyl (C=O) groups excluding carboxylic acids is 2. The second-order valence-corrected chi connectivity index (χ2v) is 8.25. The average Bonchev–Trinajstić information content (AvgIpc) is 3.14. The van der Waals surface area contributed by atoms with Crippen molar-refractivity contribution in [3.8, 4) is 22.4 Å². The maximum absolute atomic E-state index is 12.9. The van der Waals surface area contributed by atoms with Crippen LogP contribution in [0.1, 0.15) is 72.0 Å². The number of methoxy groups -OCH3 is 1. The Morgan fingerprint density at radius 1 is 1.03 bits per heavy atom. The molecule has 0 aliphatic rings. The van der Waals surface area contributed by atoms with Gasteiger partial charge in [0.25, 0.3) is 0 Å². The molecule has 0 aliphatic heterocycles. The molecule has 0 fully saturated rings. The zero-order valence-corrected chi connectivity index (χ0v) is 20.3. The fourth-order valence-corrected chi connectivity index (χ4v) is 4.12. The molecule has 3 rings (SSSR count). The molecule has 0 aliphatic carbocycles. The van der Waals surface area contributed by atoms with Crippen molar-refractivity contribution >= 4 is 11.9 Å². The number of carbonyl (C=O) groups is 2. The Morgan fingerprint density at radius 3 is 2.39 bits per heavy atom. The van der Waals surface area contributed by atoms with Crippen LogP contribution in [0, 0.1) is 6.92 Å². The molecule has 6 nitrogen and oxygen atoms in total. The molecule has 0 N–H and O–H groups in total. The van der Waals surface area contributed by atoms with Gasteiger partial charge in [-0.15, -0.1) is 0 Å². The van der Waals surface area contributed by atoms with E-state index in [0.717, 1.165) is 34.4 Å². The summed E-state index contributed by atoms with van der Waals surface area (Å²) in [6.07, 6.45) is 0.887. The average molecular weight is 449 g/mol. The van der Waals surface area contributed by atoms with Crippen LogP contribution in [0.3, 0.4) is 0 Å². The van der Waals surface area contributed by atoms with Crippen LogP contribution >= 0.6 is 0 Å². The van der Waals surface area contributed by atoms with Gasteiger partial charge in [-0.25, -0.2) is 9.59 Å². The van der Waals surface area contributed by atoms with Crippen LogP contribution in [0.15, 0.2) is 42.5 Å². The smallest absolute Gasteiger partial charge is 0.342 e. The third-order valence-electron chi connectivity index (χ3n) is 5.61. The molecule has 0 atom stereocenters. The van der Waals surface area contributed by atoms with E-state index < -0.39 is 0 Å². The predicted octanol–water partition coefficient (Wildman–Crippen LogP) is 6.02. The normalized spacial score (nSPS) is 11.0. The van der Waals surface area contributed by atoms with Crippen molar-refractivity contribution in [2.45, 2.75) is 53.5 Å². The van der Waals surface area contributed by atoms with Crippen LogP contribution in [0.4, 0.5) is 0 Å². The Hall–Kier alpha value is -3.41. The summed E-state index contributed by atoms with van der Waals surface area (Å²) >= 11 is 0. The molecular formula is C27H32N2O4. The van der Waals surface area contributed by atoms with Crippen LogP contribution in [0.25, 0.3) is 22.4 Å². The molecule has 2 aromatic carbocycles. The third-order valence-corrected chi connectivity index (χ3v) is 5.61. The molecule has 0 bridgehead atoms. The van der Waals surface area contributed by atoms with Crippen molar-refractivity contribution < 1.29 is 19.1 Å². The Kier molecular flexibility index (Phi) is 7.69. The molecule has 0 spiro atoms. The standard InChI is InChI=1S/C27H32N2O4/c1-7-15-29-25(24(18(5)28-29)27(31)33-8-2)21-14-13-19(16-23(21)17(3)4)20-11-9-10-12-22(20)26(30)32-6/h9-14,16-17H,7-8,15H2,1-6H3. The number of hydrogen-bond acceptors (Lipinski definition) is 5. The Balaban J connectivity index is 2.25. The minimum Gasteiger partial charge on any atom is -0.465 e. The first-order valence-corrected chi connectivity index (χ1v) is 11.4. The van der Waals surface area contributed by atoms with E-state index in [9.17, 15) is 9.59 Å². The molecule has 6 heteroatoms. The van der Waals surface area contributed by atoms with Crippen molar-refractivity contribution in [1.82, 2.24) is 9.78 Å².